The quantitative estimate of drug-likeness (QED) is 0.658. The second-order valence-corrected chi connectivity index (χ2v) is 3.18. The molecule has 0 spiro atoms. The highest BCUT2D eigenvalue weighted by Crippen LogP contribution is 2.01. The first-order chi connectivity index (χ1) is 6.33. The molecule has 0 radical (unpaired) electrons. The van der Waals surface area contributed by atoms with Crippen LogP contribution in [0.15, 0.2) is 5.10 Å². The molecule has 1 fully saturated rings. The Hall–Kier alpha value is -1.08. The summed E-state index contributed by atoms with van der Waals surface area (Å²) in [7, 11) is 0. The topological polar surface area (TPSA) is 57.4 Å². The molecule has 1 saturated heterocycles. The molecule has 0 aromatic rings. The first-order valence-corrected chi connectivity index (χ1v) is 4.58. The van der Waals surface area contributed by atoms with Crippen molar-refractivity contribution in [2.24, 2.45) is 11.0 Å². The van der Waals surface area contributed by atoms with Crippen molar-refractivity contribution in [1.29, 1.82) is 5.26 Å². The predicted molar refractivity (Wildman–Crippen MR) is 50.3 cm³/mol. The number of ether oxygens (including phenoxy) is 1. The average molecular weight is 181 g/mol. The van der Waals surface area contributed by atoms with Crippen molar-refractivity contribution in [1.82, 2.24) is 5.43 Å². The van der Waals surface area contributed by atoms with Gasteiger partial charge in [-0.3, -0.25) is 0 Å². The van der Waals surface area contributed by atoms with Crippen LogP contribution in [-0.2, 0) is 4.74 Å². The summed E-state index contributed by atoms with van der Waals surface area (Å²) in [4.78, 5) is 0. The molecule has 1 unspecified atom stereocenters. The highest BCUT2D eigenvalue weighted by molar-refractivity contribution is 5.84. The van der Waals surface area contributed by atoms with E-state index in [0.717, 1.165) is 31.8 Å². The van der Waals surface area contributed by atoms with Crippen molar-refractivity contribution in [3.63, 3.8) is 0 Å². The van der Waals surface area contributed by atoms with Gasteiger partial charge in [0.15, 0.2) is 0 Å². The van der Waals surface area contributed by atoms with Crippen LogP contribution in [-0.4, -0.2) is 25.5 Å². The lowest BCUT2D eigenvalue weighted by molar-refractivity contribution is 0.134. The second-order valence-electron chi connectivity index (χ2n) is 3.18. The van der Waals surface area contributed by atoms with E-state index in [4.69, 9.17) is 10.00 Å². The normalized spacial score (nSPS) is 18.9. The highest BCUT2D eigenvalue weighted by Gasteiger charge is 2.06. The molecule has 13 heavy (non-hydrogen) atoms. The maximum atomic E-state index is 8.51. The van der Waals surface area contributed by atoms with E-state index in [1.807, 2.05) is 6.92 Å². The molecule has 0 bridgehead atoms. The number of hydrogen-bond donors (Lipinski definition) is 1. The standard InChI is InChI=1S/C9H15N3O/c1-8(6-10)7-11-12-9-2-4-13-5-3-9/h8,11H,2-5,7H2,1H3. The minimum atomic E-state index is 0.0178. The largest absolute Gasteiger partial charge is 0.381 e. The van der Waals surface area contributed by atoms with E-state index in [0.29, 0.717) is 6.54 Å². The minimum absolute atomic E-state index is 0.0178. The zero-order valence-electron chi connectivity index (χ0n) is 7.92. The molecule has 0 aromatic heterocycles. The van der Waals surface area contributed by atoms with Crippen molar-refractivity contribution in [2.75, 3.05) is 19.8 Å². The number of nitrogens with one attached hydrogen (secondary N) is 1. The Morgan fingerprint density at radius 2 is 2.31 bits per heavy atom. The van der Waals surface area contributed by atoms with Crippen LogP contribution >= 0.6 is 0 Å². The molecular formula is C9H15N3O. The molecule has 72 valence electrons. The van der Waals surface area contributed by atoms with Gasteiger partial charge < -0.3 is 10.2 Å². The summed E-state index contributed by atoms with van der Waals surface area (Å²) in [6, 6.07) is 2.15. The molecule has 0 amide bonds. The predicted octanol–water partition coefficient (Wildman–Crippen LogP) is 0.902. The summed E-state index contributed by atoms with van der Waals surface area (Å²) in [5.74, 6) is 0.0178. The van der Waals surface area contributed by atoms with Gasteiger partial charge >= 0.3 is 0 Å². The van der Waals surface area contributed by atoms with Crippen LogP contribution in [0.1, 0.15) is 19.8 Å². The van der Waals surface area contributed by atoms with Crippen molar-refractivity contribution < 1.29 is 4.74 Å². The minimum Gasteiger partial charge on any atom is -0.381 e. The summed E-state index contributed by atoms with van der Waals surface area (Å²) in [6.07, 6.45) is 1.82. The second kappa shape index (κ2) is 5.55. The fraction of sp³-hybridized carbons (Fsp3) is 0.778. The molecule has 0 saturated carbocycles. The number of rotatable bonds is 3. The van der Waals surface area contributed by atoms with Crippen molar-refractivity contribution in [3.8, 4) is 6.07 Å². The van der Waals surface area contributed by atoms with Crippen LogP contribution in [0, 0.1) is 17.2 Å². The van der Waals surface area contributed by atoms with E-state index in [9.17, 15) is 0 Å². The van der Waals surface area contributed by atoms with Gasteiger partial charge in [-0.2, -0.15) is 10.4 Å². The van der Waals surface area contributed by atoms with E-state index in [1.54, 1.807) is 0 Å². The van der Waals surface area contributed by atoms with Crippen molar-refractivity contribution >= 4 is 5.71 Å². The lowest BCUT2D eigenvalue weighted by Gasteiger charge is -2.13. The molecule has 0 aliphatic carbocycles. The Bertz CT molecular complexity index is 211. The van der Waals surface area contributed by atoms with Gasteiger partial charge in [-0.15, -0.1) is 0 Å². The van der Waals surface area contributed by atoms with Gasteiger partial charge in [0.05, 0.1) is 25.2 Å². The zero-order chi connectivity index (χ0) is 9.52. The fourth-order valence-corrected chi connectivity index (χ4v) is 1.06. The number of nitriles is 1. The number of hydrazone groups is 1. The molecule has 4 nitrogen and oxygen atoms in total. The maximum absolute atomic E-state index is 8.51. The van der Waals surface area contributed by atoms with E-state index in [2.05, 4.69) is 16.6 Å². The van der Waals surface area contributed by atoms with Crippen LogP contribution in [0.5, 0.6) is 0 Å². The van der Waals surface area contributed by atoms with Crippen LogP contribution in [0.2, 0.25) is 0 Å². The smallest absolute Gasteiger partial charge is 0.0672 e. The van der Waals surface area contributed by atoms with E-state index >= 15 is 0 Å². The molecule has 4 heteroatoms. The molecule has 1 heterocycles. The summed E-state index contributed by atoms with van der Waals surface area (Å²) in [6.45, 7) is 4.04. The summed E-state index contributed by atoms with van der Waals surface area (Å²) in [5, 5.41) is 12.7. The number of nitrogens with zero attached hydrogens (tertiary/aromatic N) is 2. The number of hydrogen-bond acceptors (Lipinski definition) is 4. The SMILES string of the molecule is CC(C#N)CNN=C1CCOCC1. The Labute approximate surface area is 78.6 Å². The highest BCUT2D eigenvalue weighted by atomic mass is 16.5. The van der Waals surface area contributed by atoms with Crippen LogP contribution < -0.4 is 5.43 Å². The van der Waals surface area contributed by atoms with E-state index in [1.165, 1.54) is 0 Å². The average Bonchev–Trinajstić information content (AvgIpc) is 2.19. The molecule has 1 aliphatic rings. The van der Waals surface area contributed by atoms with Crippen LogP contribution in [0.3, 0.4) is 0 Å². The van der Waals surface area contributed by atoms with Crippen LogP contribution in [0.4, 0.5) is 0 Å². The summed E-state index contributed by atoms with van der Waals surface area (Å²) in [5.41, 5.74) is 4.07. The third kappa shape index (κ3) is 3.90. The summed E-state index contributed by atoms with van der Waals surface area (Å²) < 4.78 is 5.19. The van der Waals surface area contributed by atoms with Gasteiger partial charge in [0.25, 0.3) is 0 Å². The fourth-order valence-electron chi connectivity index (χ4n) is 1.06. The first kappa shape index (κ1) is 10.0. The van der Waals surface area contributed by atoms with Gasteiger partial charge in [-0.1, -0.05) is 0 Å². The Balaban J connectivity index is 2.19. The Kier molecular flexibility index (Phi) is 4.27. The zero-order valence-corrected chi connectivity index (χ0v) is 7.92. The van der Waals surface area contributed by atoms with E-state index < -0.39 is 0 Å². The summed E-state index contributed by atoms with van der Waals surface area (Å²) >= 11 is 0. The Morgan fingerprint density at radius 1 is 1.62 bits per heavy atom. The molecule has 1 N–H and O–H groups in total. The van der Waals surface area contributed by atoms with Gasteiger partial charge in [-0.05, 0) is 6.92 Å². The molecule has 1 atom stereocenters. The monoisotopic (exact) mass is 181 g/mol. The van der Waals surface area contributed by atoms with Crippen molar-refractivity contribution in [2.45, 2.75) is 19.8 Å². The first-order valence-electron chi connectivity index (χ1n) is 4.58. The lowest BCUT2D eigenvalue weighted by atomic mass is 10.2. The van der Waals surface area contributed by atoms with Crippen LogP contribution in [0.25, 0.3) is 0 Å². The molecular weight excluding hydrogens is 166 g/mol. The molecule has 1 aliphatic heterocycles. The van der Waals surface area contributed by atoms with Gasteiger partial charge in [0, 0.05) is 25.1 Å². The molecule has 0 aromatic carbocycles. The molecule has 1 rings (SSSR count). The lowest BCUT2D eigenvalue weighted by Crippen LogP contribution is -2.21. The van der Waals surface area contributed by atoms with Gasteiger partial charge in [0.1, 0.15) is 0 Å². The third-order valence-corrected chi connectivity index (χ3v) is 1.92. The van der Waals surface area contributed by atoms with E-state index in [-0.39, 0.29) is 5.92 Å². The van der Waals surface area contributed by atoms with Crippen molar-refractivity contribution in [3.05, 3.63) is 0 Å². The van der Waals surface area contributed by atoms with Gasteiger partial charge in [-0.25, -0.2) is 0 Å². The van der Waals surface area contributed by atoms with Gasteiger partial charge in [0.2, 0.25) is 0 Å². The Morgan fingerprint density at radius 3 is 2.92 bits per heavy atom. The third-order valence-electron chi connectivity index (χ3n) is 1.92. The maximum Gasteiger partial charge on any atom is 0.0672 e.